The van der Waals surface area contributed by atoms with Crippen molar-refractivity contribution in [3.63, 3.8) is 0 Å². The van der Waals surface area contributed by atoms with Crippen LogP contribution in [-0.2, 0) is 0 Å². The first-order chi connectivity index (χ1) is 6.59. The first-order valence-electron chi connectivity index (χ1n) is 4.56. The smallest absolute Gasteiger partial charge is 0.0241 e. The molecule has 0 spiro atoms. The highest BCUT2D eigenvalue weighted by molar-refractivity contribution is 5.43. The van der Waals surface area contributed by atoms with Crippen LogP contribution >= 0.6 is 0 Å². The molecule has 1 aliphatic rings. The van der Waals surface area contributed by atoms with E-state index in [1.807, 2.05) is 18.2 Å². The Balaban J connectivity index is 2.67. The molecule has 4 N–H and O–H groups in total. The second-order valence-electron chi connectivity index (χ2n) is 3.37. The van der Waals surface area contributed by atoms with Crippen molar-refractivity contribution in [3.8, 4) is 0 Å². The fourth-order valence-corrected chi connectivity index (χ4v) is 1.24. The van der Waals surface area contributed by atoms with Gasteiger partial charge in [0.05, 0.1) is 0 Å². The summed E-state index contributed by atoms with van der Waals surface area (Å²) in [5.41, 5.74) is 14.7. The lowest BCUT2D eigenvalue weighted by atomic mass is 9.96. The van der Waals surface area contributed by atoms with Crippen LogP contribution in [0, 0.1) is 0 Å². The van der Waals surface area contributed by atoms with Gasteiger partial charge in [-0.2, -0.15) is 0 Å². The van der Waals surface area contributed by atoms with E-state index >= 15 is 0 Å². The van der Waals surface area contributed by atoms with Gasteiger partial charge in [0, 0.05) is 11.4 Å². The Kier molecular flexibility index (Phi) is 3.35. The lowest BCUT2D eigenvalue weighted by molar-refractivity contribution is 0.905. The Morgan fingerprint density at radius 2 is 1.93 bits per heavy atom. The monoisotopic (exact) mass is 188 g/mol. The summed E-state index contributed by atoms with van der Waals surface area (Å²) in [6, 6.07) is 0. The number of hydrogen-bond acceptors (Lipinski definition) is 2. The zero-order valence-corrected chi connectivity index (χ0v) is 8.29. The van der Waals surface area contributed by atoms with Gasteiger partial charge >= 0.3 is 0 Å². The number of nitrogens with two attached hydrogens (primary N) is 2. The Bertz CT molecular complexity index is 343. The minimum atomic E-state index is 0.539. The van der Waals surface area contributed by atoms with Crippen LogP contribution in [-0.4, -0.2) is 0 Å². The van der Waals surface area contributed by atoms with Gasteiger partial charge < -0.3 is 11.5 Å². The van der Waals surface area contributed by atoms with Crippen molar-refractivity contribution in [1.82, 2.24) is 0 Å². The van der Waals surface area contributed by atoms with E-state index in [0.29, 0.717) is 5.70 Å². The second kappa shape index (κ2) is 4.51. The molecule has 0 saturated heterocycles. The fourth-order valence-electron chi connectivity index (χ4n) is 1.24. The standard InChI is InChI=1S/C12H16N2/c1-9(3-4-10(2)13)11-5-7-12(14)8-6-11/h3-5,7H,1-2,6,8,13-14H2/b4-3-. The van der Waals surface area contributed by atoms with Crippen molar-refractivity contribution < 1.29 is 0 Å². The first kappa shape index (κ1) is 10.4. The van der Waals surface area contributed by atoms with Crippen molar-refractivity contribution in [2.75, 3.05) is 0 Å². The van der Waals surface area contributed by atoms with Crippen LogP contribution in [0.15, 0.2) is 60.0 Å². The summed E-state index contributed by atoms with van der Waals surface area (Å²) < 4.78 is 0. The molecule has 1 aliphatic carbocycles. The quantitative estimate of drug-likeness (QED) is 0.667. The third-order valence-corrected chi connectivity index (χ3v) is 2.09. The molecule has 1 rings (SSSR count). The fraction of sp³-hybridized carbons (Fsp3) is 0.167. The Morgan fingerprint density at radius 3 is 2.43 bits per heavy atom. The Labute approximate surface area is 85.0 Å². The maximum absolute atomic E-state index is 5.65. The molecule has 0 amide bonds. The van der Waals surface area contributed by atoms with Crippen LogP contribution in [0.1, 0.15) is 12.8 Å². The average molecular weight is 188 g/mol. The van der Waals surface area contributed by atoms with E-state index in [0.717, 1.165) is 24.1 Å². The molecule has 0 saturated carbocycles. The van der Waals surface area contributed by atoms with E-state index in [1.54, 1.807) is 6.08 Å². The van der Waals surface area contributed by atoms with Gasteiger partial charge in [-0.05, 0) is 36.1 Å². The molecule has 0 aromatic heterocycles. The van der Waals surface area contributed by atoms with Crippen molar-refractivity contribution in [1.29, 1.82) is 0 Å². The average Bonchev–Trinajstić information content (AvgIpc) is 2.15. The molecule has 0 aliphatic heterocycles. The van der Waals surface area contributed by atoms with Crippen LogP contribution in [0.25, 0.3) is 0 Å². The molecule has 0 unspecified atom stereocenters. The third-order valence-electron chi connectivity index (χ3n) is 2.09. The molecule has 0 radical (unpaired) electrons. The molecule has 2 nitrogen and oxygen atoms in total. The molecule has 2 heteroatoms. The van der Waals surface area contributed by atoms with E-state index in [9.17, 15) is 0 Å². The minimum Gasteiger partial charge on any atom is -0.402 e. The van der Waals surface area contributed by atoms with Crippen molar-refractivity contribution in [2.24, 2.45) is 11.5 Å². The first-order valence-corrected chi connectivity index (χ1v) is 4.56. The minimum absolute atomic E-state index is 0.539. The maximum atomic E-state index is 5.65. The molecule has 0 aromatic carbocycles. The van der Waals surface area contributed by atoms with E-state index in [1.165, 1.54) is 5.57 Å². The van der Waals surface area contributed by atoms with Crippen LogP contribution in [0.5, 0.6) is 0 Å². The van der Waals surface area contributed by atoms with Gasteiger partial charge in [-0.1, -0.05) is 25.3 Å². The molecule has 0 aromatic rings. The van der Waals surface area contributed by atoms with Crippen molar-refractivity contribution in [3.05, 3.63) is 60.0 Å². The predicted molar refractivity (Wildman–Crippen MR) is 61.2 cm³/mol. The van der Waals surface area contributed by atoms with Crippen LogP contribution in [0.3, 0.4) is 0 Å². The predicted octanol–water partition coefficient (Wildman–Crippen LogP) is 2.13. The summed E-state index contributed by atoms with van der Waals surface area (Å²) in [6.07, 6.45) is 9.42. The highest BCUT2D eigenvalue weighted by atomic mass is 14.6. The van der Waals surface area contributed by atoms with Gasteiger partial charge in [0.1, 0.15) is 0 Å². The number of rotatable bonds is 3. The summed E-state index contributed by atoms with van der Waals surface area (Å²) in [6.45, 7) is 7.54. The molecular formula is C12H16N2. The Morgan fingerprint density at radius 1 is 1.21 bits per heavy atom. The van der Waals surface area contributed by atoms with E-state index in [4.69, 9.17) is 11.5 Å². The van der Waals surface area contributed by atoms with Crippen LogP contribution < -0.4 is 11.5 Å². The summed E-state index contributed by atoms with van der Waals surface area (Å²) in [4.78, 5) is 0. The summed E-state index contributed by atoms with van der Waals surface area (Å²) in [5.74, 6) is 0. The van der Waals surface area contributed by atoms with Gasteiger partial charge in [-0.25, -0.2) is 0 Å². The molecule has 0 bridgehead atoms. The lowest BCUT2D eigenvalue weighted by Crippen LogP contribution is -2.02. The molecule has 0 atom stereocenters. The molecular weight excluding hydrogens is 172 g/mol. The van der Waals surface area contributed by atoms with Crippen molar-refractivity contribution >= 4 is 0 Å². The largest absolute Gasteiger partial charge is 0.402 e. The molecule has 14 heavy (non-hydrogen) atoms. The van der Waals surface area contributed by atoms with Gasteiger partial charge in [0.25, 0.3) is 0 Å². The van der Waals surface area contributed by atoms with Crippen molar-refractivity contribution in [2.45, 2.75) is 12.8 Å². The normalized spacial score (nSPS) is 16.3. The van der Waals surface area contributed by atoms with E-state index < -0.39 is 0 Å². The SMILES string of the molecule is C=C(N)/C=C\C(=C)C1=CC=C(N)CC1. The number of allylic oxidation sites excluding steroid dienone is 7. The van der Waals surface area contributed by atoms with Crippen LogP contribution in [0.4, 0.5) is 0 Å². The highest BCUT2D eigenvalue weighted by Crippen LogP contribution is 2.21. The second-order valence-corrected chi connectivity index (χ2v) is 3.37. The highest BCUT2D eigenvalue weighted by Gasteiger charge is 2.04. The summed E-state index contributed by atoms with van der Waals surface area (Å²) in [7, 11) is 0. The van der Waals surface area contributed by atoms with Gasteiger partial charge in [-0.15, -0.1) is 0 Å². The topological polar surface area (TPSA) is 52.0 Å². The summed E-state index contributed by atoms with van der Waals surface area (Å²) in [5, 5.41) is 0. The number of hydrogen-bond donors (Lipinski definition) is 2. The zero-order valence-electron chi connectivity index (χ0n) is 8.29. The van der Waals surface area contributed by atoms with Gasteiger partial charge in [0.2, 0.25) is 0 Å². The lowest BCUT2D eigenvalue weighted by Gasteiger charge is -2.11. The third kappa shape index (κ3) is 2.98. The van der Waals surface area contributed by atoms with E-state index in [2.05, 4.69) is 13.2 Å². The molecule has 0 heterocycles. The molecule has 74 valence electrons. The zero-order chi connectivity index (χ0) is 10.6. The van der Waals surface area contributed by atoms with E-state index in [-0.39, 0.29) is 0 Å². The maximum Gasteiger partial charge on any atom is 0.0241 e. The van der Waals surface area contributed by atoms with Gasteiger partial charge in [-0.3, -0.25) is 0 Å². The summed E-state index contributed by atoms with van der Waals surface area (Å²) >= 11 is 0. The van der Waals surface area contributed by atoms with Crippen LogP contribution in [0.2, 0.25) is 0 Å². The Hall–Kier alpha value is -1.70. The van der Waals surface area contributed by atoms with Gasteiger partial charge in [0.15, 0.2) is 0 Å². The molecule has 0 fully saturated rings.